The molecule has 2 aromatic heterocycles. The van der Waals surface area contributed by atoms with E-state index in [1.54, 1.807) is 18.7 Å². The normalized spacial score (nSPS) is 12.3. The van der Waals surface area contributed by atoms with Gasteiger partial charge in [0.2, 0.25) is 0 Å². The van der Waals surface area contributed by atoms with Crippen LogP contribution in [0.2, 0.25) is 0 Å². The molecule has 0 aromatic carbocycles. The number of hydrogen-bond donors (Lipinski definition) is 1. The molecule has 0 aliphatic carbocycles. The Kier molecular flexibility index (Phi) is 4.36. The van der Waals surface area contributed by atoms with Gasteiger partial charge in [-0.05, 0) is 37.1 Å². The lowest BCUT2D eigenvalue weighted by Gasteiger charge is -2.12. The molecule has 2 rings (SSSR count). The third kappa shape index (κ3) is 3.34. The second kappa shape index (κ2) is 6.21. The standard InChI is InChI=1S/C14H18N2O2/c1-2-17-13-8-11(9-16-10-13)14(15)6-5-12-4-3-7-18-12/h3-4,7-10,14H,2,5-6,15H2,1H3. The summed E-state index contributed by atoms with van der Waals surface area (Å²) < 4.78 is 10.7. The largest absolute Gasteiger partial charge is 0.492 e. The van der Waals surface area contributed by atoms with Gasteiger partial charge < -0.3 is 14.9 Å². The van der Waals surface area contributed by atoms with Gasteiger partial charge in [-0.2, -0.15) is 0 Å². The van der Waals surface area contributed by atoms with E-state index in [1.165, 1.54) is 0 Å². The van der Waals surface area contributed by atoms with Crippen molar-refractivity contribution in [2.45, 2.75) is 25.8 Å². The topological polar surface area (TPSA) is 61.3 Å². The summed E-state index contributed by atoms with van der Waals surface area (Å²) in [6.45, 7) is 2.58. The maximum atomic E-state index is 6.14. The molecule has 0 aliphatic heterocycles. The fourth-order valence-corrected chi connectivity index (χ4v) is 1.80. The van der Waals surface area contributed by atoms with Crippen LogP contribution in [-0.2, 0) is 6.42 Å². The molecule has 4 nitrogen and oxygen atoms in total. The molecular weight excluding hydrogens is 228 g/mol. The lowest BCUT2D eigenvalue weighted by atomic mass is 10.0. The first-order valence-corrected chi connectivity index (χ1v) is 6.15. The van der Waals surface area contributed by atoms with E-state index >= 15 is 0 Å². The third-order valence-electron chi connectivity index (χ3n) is 2.76. The van der Waals surface area contributed by atoms with Gasteiger partial charge in [-0.15, -0.1) is 0 Å². The summed E-state index contributed by atoms with van der Waals surface area (Å²) in [5.41, 5.74) is 7.13. The summed E-state index contributed by atoms with van der Waals surface area (Å²) >= 11 is 0. The molecule has 0 aliphatic rings. The minimum atomic E-state index is -0.0528. The number of furan rings is 1. The molecule has 4 heteroatoms. The highest BCUT2D eigenvalue weighted by Crippen LogP contribution is 2.20. The predicted octanol–water partition coefficient (Wildman–Crippen LogP) is 2.71. The van der Waals surface area contributed by atoms with Crippen molar-refractivity contribution in [1.29, 1.82) is 0 Å². The van der Waals surface area contributed by atoms with Gasteiger partial charge in [0, 0.05) is 18.7 Å². The molecule has 0 spiro atoms. The Balaban J connectivity index is 1.95. The molecule has 18 heavy (non-hydrogen) atoms. The Morgan fingerprint density at radius 3 is 3.06 bits per heavy atom. The van der Waals surface area contributed by atoms with Crippen LogP contribution in [0.5, 0.6) is 5.75 Å². The van der Waals surface area contributed by atoms with Crippen LogP contribution in [0.25, 0.3) is 0 Å². The second-order valence-electron chi connectivity index (χ2n) is 4.11. The first kappa shape index (κ1) is 12.6. The minimum Gasteiger partial charge on any atom is -0.492 e. The lowest BCUT2D eigenvalue weighted by Crippen LogP contribution is -2.11. The summed E-state index contributed by atoms with van der Waals surface area (Å²) in [6, 6.07) is 5.74. The van der Waals surface area contributed by atoms with Crippen LogP contribution in [0.1, 0.15) is 30.7 Å². The van der Waals surface area contributed by atoms with Gasteiger partial charge in [0.05, 0.1) is 19.1 Å². The molecule has 0 radical (unpaired) electrons. The van der Waals surface area contributed by atoms with E-state index in [2.05, 4.69) is 4.98 Å². The quantitative estimate of drug-likeness (QED) is 0.851. The molecule has 0 bridgehead atoms. The second-order valence-corrected chi connectivity index (χ2v) is 4.11. The van der Waals surface area contributed by atoms with Crippen molar-refractivity contribution < 1.29 is 9.15 Å². The monoisotopic (exact) mass is 246 g/mol. The van der Waals surface area contributed by atoms with Crippen molar-refractivity contribution in [3.63, 3.8) is 0 Å². The molecule has 1 atom stereocenters. The zero-order valence-electron chi connectivity index (χ0n) is 10.5. The summed E-state index contributed by atoms with van der Waals surface area (Å²) in [7, 11) is 0. The van der Waals surface area contributed by atoms with Gasteiger partial charge >= 0.3 is 0 Å². The average molecular weight is 246 g/mol. The van der Waals surface area contributed by atoms with Gasteiger partial charge in [0.15, 0.2) is 0 Å². The minimum absolute atomic E-state index is 0.0528. The number of aryl methyl sites for hydroxylation is 1. The fourth-order valence-electron chi connectivity index (χ4n) is 1.80. The Morgan fingerprint density at radius 2 is 2.33 bits per heavy atom. The van der Waals surface area contributed by atoms with Crippen LogP contribution in [0.15, 0.2) is 41.3 Å². The highest BCUT2D eigenvalue weighted by atomic mass is 16.5. The highest BCUT2D eigenvalue weighted by Gasteiger charge is 2.09. The Labute approximate surface area is 107 Å². The van der Waals surface area contributed by atoms with Crippen molar-refractivity contribution in [2.75, 3.05) is 6.61 Å². The molecule has 0 saturated carbocycles. The van der Waals surface area contributed by atoms with E-state index in [9.17, 15) is 0 Å². The van der Waals surface area contributed by atoms with Crippen molar-refractivity contribution in [3.05, 3.63) is 48.2 Å². The summed E-state index contributed by atoms with van der Waals surface area (Å²) in [6.07, 6.45) is 6.82. The first-order valence-electron chi connectivity index (χ1n) is 6.15. The lowest BCUT2D eigenvalue weighted by molar-refractivity contribution is 0.338. The summed E-state index contributed by atoms with van der Waals surface area (Å²) in [5.74, 6) is 1.72. The van der Waals surface area contributed by atoms with Gasteiger partial charge in [-0.1, -0.05) is 0 Å². The zero-order valence-corrected chi connectivity index (χ0v) is 10.5. The Hall–Kier alpha value is -1.81. The molecular formula is C14H18N2O2. The van der Waals surface area contributed by atoms with Gasteiger partial charge in [-0.3, -0.25) is 4.98 Å². The number of rotatable bonds is 6. The summed E-state index contributed by atoms with van der Waals surface area (Å²) in [4.78, 5) is 4.14. The number of hydrogen-bond acceptors (Lipinski definition) is 4. The van der Waals surface area contributed by atoms with Crippen LogP contribution in [0.3, 0.4) is 0 Å². The molecule has 2 aromatic rings. The molecule has 96 valence electrons. The maximum Gasteiger partial charge on any atom is 0.137 e. The summed E-state index contributed by atoms with van der Waals surface area (Å²) in [5, 5.41) is 0. The van der Waals surface area contributed by atoms with E-state index < -0.39 is 0 Å². The van der Waals surface area contributed by atoms with Crippen molar-refractivity contribution >= 4 is 0 Å². The highest BCUT2D eigenvalue weighted by molar-refractivity contribution is 5.25. The van der Waals surface area contributed by atoms with Gasteiger partial charge in [0.1, 0.15) is 11.5 Å². The Morgan fingerprint density at radius 1 is 1.44 bits per heavy atom. The van der Waals surface area contributed by atoms with Crippen LogP contribution in [0.4, 0.5) is 0 Å². The number of nitrogens with two attached hydrogens (primary N) is 1. The first-order chi connectivity index (χ1) is 8.79. The van der Waals surface area contributed by atoms with E-state index in [0.29, 0.717) is 6.61 Å². The Bertz CT molecular complexity index is 468. The molecule has 2 N–H and O–H groups in total. The molecule has 0 saturated heterocycles. The van der Waals surface area contributed by atoms with Crippen LogP contribution >= 0.6 is 0 Å². The zero-order chi connectivity index (χ0) is 12.8. The smallest absolute Gasteiger partial charge is 0.137 e. The van der Waals surface area contributed by atoms with E-state index in [1.807, 2.05) is 25.1 Å². The van der Waals surface area contributed by atoms with Crippen molar-refractivity contribution in [1.82, 2.24) is 4.98 Å². The maximum absolute atomic E-state index is 6.14. The average Bonchev–Trinajstić information content (AvgIpc) is 2.90. The van der Waals surface area contributed by atoms with E-state index in [-0.39, 0.29) is 6.04 Å². The number of ether oxygens (including phenoxy) is 1. The van der Waals surface area contributed by atoms with E-state index in [0.717, 1.165) is 29.9 Å². The third-order valence-corrected chi connectivity index (χ3v) is 2.76. The van der Waals surface area contributed by atoms with E-state index in [4.69, 9.17) is 14.9 Å². The fraction of sp³-hybridized carbons (Fsp3) is 0.357. The van der Waals surface area contributed by atoms with Crippen LogP contribution in [0, 0.1) is 0 Å². The predicted molar refractivity (Wildman–Crippen MR) is 69.4 cm³/mol. The molecule has 1 unspecified atom stereocenters. The van der Waals surface area contributed by atoms with Gasteiger partial charge in [0.25, 0.3) is 0 Å². The molecule has 0 fully saturated rings. The van der Waals surface area contributed by atoms with Gasteiger partial charge in [-0.25, -0.2) is 0 Å². The number of aromatic nitrogens is 1. The SMILES string of the molecule is CCOc1cncc(C(N)CCc2ccco2)c1. The van der Waals surface area contributed by atoms with Crippen molar-refractivity contribution in [3.8, 4) is 5.75 Å². The molecule has 0 amide bonds. The van der Waals surface area contributed by atoms with Crippen molar-refractivity contribution in [2.24, 2.45) is 5.73 Å². The van der Waals surface area contributed by atoms with Crippen LogP contribution < -0.4 is 10.5 Å². The van der Waals surface area contributed by atoms with Crippen LogP contribution in [-0.4, -0.2) is 11.6 Å². The number of nitrogens with zero attached hydrogens (tertiary/aromatic N) is 1. The number of pyridine rings is 1. The molecule has 2 heterocycles.